The number of para-hydroxylation sites is 1. The van der Waals surface area contributed by atoms with E-state index in [1.807, 2.05) is 61.4 Å². The van der Waals surface area contributed by atoms with Crippen molar-refractivity contribution in [3.05, 3.63) is 64.7 Å². The minimum atomic E-state index is 0.673. The number of aromatic nitrogens is 4. The number of rotatable bonds is 5. The highest BCUT2D eigenvalue weighted by atomic mass is 35.5. The van der Waals surface area contributed by atoms with Crippen LogP contribution >= 0.6 is 11.6 Å². The number of aryl methyl sites for hydroxylation is 2. The van der Waals surface area contributed by atoms with Gasteiger partial charge < -0.3 is 0 Å². The second-order valence-electron chi connectivity index (χ2n) is 5.80. The highest BCUT2D eigenvalue weighted by Gasteiger charge is 2.16. The van der Waals surface area contributed by atoms with Crippen molar-refractivity contribution in [1.82, 2.24) is 24.5 Å². The zero-order chi connectivity index (χ0) is 16.4. The first-order valence-corrected chi connectivity index (χ1v) is 7.88. The van der Waals surface area contributed by atoms with E-state index in [1.165, 1.54) is 5.56 Å². The Morgan fingerprint density at radius 3 is 2.57 bits per heavy atom. The van der Waals surface area contributed by atoms with Crippen LogP contribution in [0.3, 0.4) is 0 Å². The van der Waals surface area contributed by atoms with Crippen LogP contribution in [0, 0.1) is 6.92 Å². The van der Waals surface area contributed by atoms with Gasteiger partial charge in [-0.1, -0.05) is 29.8 Å². The molecule has 0 aliphatic carbocycles. The van der Waals surface area contributed by atoms with Crippen molar-refractivity contribution in [2.45, 2.75) is 20.0 Å². The lowest BCUT2D eigenvalue weighted by atomic mass is 10.2. The Morgan fingerprint density at radius 1 is 1.17 bits per heavy atom. The zero-order valence-electron chi connectivity index (χ0n) is 13.6. The van der Waals surface area contributed by atoms with Crippen LogP contribution in [0.5, 0.6) is 0 Å². The summed E-state index contributed by atoms with van der Waals surface area (Å²) in [6, 6.07) is 9.95. The normalized spacial score (nSPS) is 11.3. The molecule has 2 heterocycles. The van der Waals surface area contributed by atoms with Gasteiger partial charge >= 0.3 is 0 Å². The molecule has 0 spiro atoms. The van der Waals surface area contributed by atoms with Gasteiger partial charge in [-0.05, 0) is 26.1 Å². The van der Waals surface area contributed by atoms with Crippen LogP contribution in [0.15, 0.2) is 42.7 Å². The molecule has 0 radical (unpaired) electrons. The third-order valence-corrected chi connectivity index (χ3v) is 4.15. The molecule has 0 saturated carbocycles. The summed E-state index contributed by atoms with van der Waals surface area (Å²) in [7, 11) is 4.00. The van der Waals surface area contributed by atoms with E-state index in [4.69, 9.17) is 11.6 Å². The molecule has 1 aromatic carbocycles. The van der Waals surface area contributed by atoms with Crippen molar-refractivity contribution < 1.29 is 0 Å². The summed E-state index contributed by atoms with van der Waals surface area (Å²) < 4.78 is 3.61. The third kappa shape index (κ3) is 3.46. The Morgan fingerprint density at radius 2 is 1.91 bits per heavy atom. The van der Waals surface area contributed by atoms with Gasteiger partial charge in [-0.15, -0.1) is 0 Å². The minimum Gasteiger partial charge on any atom is -0.298 e. The average Bonchev–Trinajstić information content (AvgIpc) is 3.06. The molecular formula is C17H20ClN5. The quantitative estimate of drug-likeness (QED) is 0.721. The predicted molar refractivity (Wildman–Crippen MR) is 91.7 cm³/mol. The summed E-state index contributed by atoms with van der Waals surface area (Å²) in [4.78, 5) is 2.21. The van der Waals surface area contributed by atoms with Crippen molar-refractivity contribution in [2.24, 2.45) is 7.05 Å². The molecule has 0 fully saturated rings. The third-order valence-electron chi connectivity index (χ3n) is 3.76. The first-order valence-electron chi connectivity index (χ1n) is 7.50. The molecular weight excluding hydrogens is 310 g/mol. The number of halogens is 1. The highest BCUT2D eigenvalue weighted by Crippen LogP contribution is 2.24. The van der Waals surface area contributed by atoms with Gasteiger partial charge in [0.25, 0.3) is 0 Å². The van der Waals surface area contributed by atoms with E-state index in [2.05, 4.69) is 22.1 Å². The lowest BCUT2D eigenvalue weighted by Crippen LogP contribution is -2.17. The van der Waals surface area contributed by atoms with E-state index in [0.29, 0.717) is 5.15 Å². The maximum atomic E-state index is 6.57. The predicted octanol–water partition coefficient (Wildman–Crippen LogP) is 3.20. The molecule has 0 saturated heterocycles. The van der Waals surface area contributed by atoms with Crippen LogP contribution in [0.1, 0.15) is 16.8 Å². The summed E-state index contributed by atoms with van der Waals surface area (Å²) >= 11 is 6.57. The Kier molecular flexibility index (Phi) is 4.50. The smallest absolute Gasteiger partial charge is 0.137 e. The van der Waals surface area contributed by atoms with Crippen LogP contribution in [0.2, 0.25) is 5.15 Å². The molecule has 0 aliphatic heterocycles. The second-order valence-corrected chi connectivity index (χ2v) is 6.15. The maximum absolute atomic E-state index is 6.57. The fourth-order valence-corrected chi connectivity index (χ4v) is 2.97. The second kappa shape index (κ2) is 6.56. The SMILES string of the molecule is Cc1nn(-c2ccccc2)c(Cl)c1CN(C)Cc1cnn(C)c1. The van der Waals surface area contributed by atoms with Crippen LogP contribution in [0.4, 0.5) is 0 Å². The number of benzene rings is 1. The molecule has 0 atom stereocenters. The van der Waals surface area contributed by atoms with Crippen molar-refractivity contribution >= 4 is 11.6 Å². The fourth-order valence-electron chi connectivity index (χ4n) is 2.64. The monoisotopic (exact) mass is 329 g/mol. The number of nitrogens with zero attached hydrogens (tertiary/aromatic N) is 5. The molecule has 5 nitrogen and oxygen atoms in total. The van der Waals surface area contributed by atoms with Gasteiger partial charge in [0.15, 0.2) is 0 Å². The van der Waals surface area contributed by atoms with Crippen molar-refractivity contribution in [1.29, 1.82) is 0 Å². The molecule has 0 amide bonds. The highest BCUT2D eigenvalue weighted by molar-refractivity contribution is 6.30. The lowest BCUT2D eigenvalue weighted by molar-refractivity contribution is 0.318. The molecule has 0 N–H and O–H groups in total. The average molecular weight is 330 g/mol. The summed E-state index contributed by atoms with van der Waals surface area (Å²) in [6.45, 7) is 3.56. The van der Waals surface area contributed by atoms with E-state index >= 15 is 0 Å². The minimum absolute atomic E-state index is 0.673. The van der Waals surface area contributed by atoms with Crippen molar-refractivity contribution in [3.8, 4) is 5.69 Å². The molecule has 120 valence electrons. The number of hydrogen-bond acceptors (Lipinski definition) is 3. The lowest BCUT2D eigenvalue weighted by Gasteiger charge is -2.15. The first kappa shape index (κ1) is 15.8. The van der Waals surface area contributed by atoms with Gasteiger partial charge in [0.05, 0.1) is 17.6 Å². The van der Waals surface area contributed by atoms with Crippen LogP contribution < -0.4 is 0 Å². The van der Waals surface area contributed by atoms with Gasteiger partial charge in [0.1, 0.15) is 5.15 Å². The van der Waals surface area contributed by atoms with E-state index in [0.717, 1.165) is 30.0 Å². The Labute approximate surface area is 141 Å². The molecule has 0 aliphatic rings. The molecule has 2 aromatic heterocycles. The summed E-state index contributed by atoms with van der Waals surface area (Å²) in [5.41, 5.74) is 4.17. The molecule has 0 unspecified atom stereocenters. The zero-order valence-corrected chi connectivity index (χ0v) is 14.3. The topological polar surface area (TPSA) is 38.9 Å². The van der Waals surface area contributed by atoms with Crippen LogP contribution in [-0.2, 0) is 20.1 Å². The molecule has 3 rings (SSSR count). The van der Waals surface area contributed by atoms with Crippen LogP contribution in [0.25, 0.3) is 5.69 Å². The Balaban J connectivity index is 1.79. The van der Waals surface area contributed by atoms with Crippen LogP contribution in [-0.4, -0.2) is 31.5 Å². The molecule has 3 aromatic rings. The van der Waals surface area contributed by atoms with Gasteiger partial charge in [-0.3, -0.25) is 9.58 Å². The van der Waals surface area contributed by atoms with Gasteiger partial charge in [0.2, 0.25) is 0 Å². The number of hydrogen-bond donors (Lipinski definition) is 0. The van der Waals surface area contributed by atoms with Crippen molar-refractivity contribution in [2.75, 3.05) is 7.05 Å². The Hall–Kier alpha value is -2.11. The van der Waals surface area contributed by atoms with Gasteiger partial charge in [0, 0.05) is 37.5 Å². The van der Waals surface area contributed by atoms with Crippen molar-refractivity contribution in [3.63, 3.8) is 0 Å². The van der Waals surface area contributed by atoms with E-state index < -0.39 is 0 Å². The first-order chi connectivity index (χ1) is 11.0. The molecule has 23 heavy (non-hydrogen) atoms. The Bertz CT molecular complexity index is 791. The molecule has 6 heteroatoms. The van der Waals surface area contributed by atoms with Gasteiger partial charge in [-0.2, -0.15) is 10.2 Å². The van der Waals surface area contributed by atoms with E-state index in [1.54, 1.807) is 4.68 Å². The summed E-state index contributed by atoms with van der Waals surface area (Å²) in [5.74, 6) is 0. The van der Waals surface area contributed by atoms with E-state index in [-0.39, 0.29) is 0 Å². The fraction of sp³-hybridized carbons (Fsp3) is 0.294. The largest absolute Gasteiger partial charge is 0.298 e. The van der Waals surface area contributed by atoms with Gasteiger partial charge in [-0.25, -0.2) is 4.68 Å². The molecule has 0 bridgehead atoms. The van der Waals surface area contributed by atoms with E-state index in [9.17, 15) is 0 Å². The summed E-state index contributed by atoms with van der Waals surface area (Å²) in [5, 5.41) is 9.46. The maximum Gasteiger partial charge on any atom is 0.137 e. The standard InChI is InChI=1S/C17H20ClN5/c1-13-16(12-21(2)10-14-9-19-22(3)11-14)17(18)23(20-13)15-7-5-4-6-8-15/h4-9,11H,10,12H2,1-3H3. The summed E-state index contributed by atoms with van der Waals surface area (Å²) in [6.07, 6.45) is 3.91.